The summed E-state index contributed by atoms with van der Waals surface area (Å²) in [6, 6.07) is 7.83. The zero-order valence-electron chi connectivity index (χ0n) is 16.6. The normalized spacial score (nSPS) is 19.5. The summed E-state index contributed by atoms with van der Waals surface area (Å²) in [5, 5.41) is 3.08. The van der Waals surface area contributed by atoms with Crippen molar-refractivity contribution in [2.24, 2.45) is 5.92 Å². The molecule has 2 aliphatic rings. The highest BCUT2D eigenvalue weighted by Crippen LogP contribution is 2.28. The first-order chi connectivity index (χ1) is 13.5. The Morgan fingerprint density at radius 2 is 1.82 bits per heavy atom. The van der Waals surface area contributed by atoms with Crippen LogP contribution in [0.15, 0.2) is 24.3 Å². The molecule has 2 saturated heterocycles. The topological polar surface area (TPSA) is 79.0 Å². The predicted octanol–water partition coefficient (Wildman–Crippen LogP) is 2.30. The summed E-state index contributed by atoms with van der Waals surface area (Å²) in [5.74, 6) is 0.0227. The summed E-state index contributed by atoms with van der Waals surface area (Å²) in [7, 11) is -3.19. The number of unbranched alkanes of at least 4 members (excludes halogenated alkanes) is 1. The van der Waals surface area contributed by atoms with Gasteiger partial charge in [0.25, 0.3) is 0 Å². The molecule has 1 amide bonds. The van der Waals surface area contributed by atoms with Crippen molar-refractivity contribution in [3.63, 3.8) is 0 Å². The van der Waals surface area contributed by atoms with Crippen LogP contribution in [0.2, 0.25) is 0 Å². The highest BCUT2D eigenvalue weighted by atomic mass is 32.2. The number of carbonyl (C=O) groups is 1. The Kier molecular flexibility index (Phi) is 7.31. The Morgan fingerprint density at radius 1 is 1.14 bits per heavy atom. The maximum atomic E-state index is 12.8. The van der Waals surface area contributed by atoms with Gasteiger partial charge in [-0.3, -0.25) is 4.79 Å². The minimum atomic E-state index is -3.19. The molecule has 3 rings (SSSR count). The predicted molar refractivity (Wildman–Crippen MR) is 111 cm³/mol. The van der Waals surface area contributed by atoms with Crippen molar-refractivity contribution >= 4 is 27.3 Å². The van der Waals surface area contributed by atoms with E-state index in [4.69, 9.17) is 4.74 Å². The molecule has 2 fully saturated rings. The number of carbonyl (C=O) groups excluding carboxylic acids is 1. The second-order valence-electron chi connectivity index (χ2n) is 7.45. The smallest absolute Gasteiger partial charge is 0.227 e. The first-order valence-corrected chi connectivity index (χ1v) is 11.8. The molecular formula is C20H31N3O4S. The van der Waals surface area contributed by atoms with Crippen molar-refractivity contribution in [3.05, 3.63) is 24.3 Å². The highest BCUT2D eigenvalue weighted by molar-refractivity contribution is 7.89. The fourth-order valence-electron chi connectivity index (χ4n) is 3.75. The molecule has 0 aliphatic carbocycles. The molecule has 0 atom stereocenters. The average Bonchev–Trinajstić information content (AvgIpc) is 2.73. The standard InChI is InChI=1S/C20H31N3O4S/c1-2-3-16-28(25,26)23-10-8-17(9-11-23)20(24)21-18-6-4-5-7-19(18)22-12-14-27-15-13-22/h4-7,17H,2-3,8-16H2,1H3,(H,21,24). The van der Waals surface area contributed by atoms with Gasteiger partial charge in [-0.25, -0.2) is 12.7 Å². The van der Waals surface area contributed by atoms with Gasteiger partial charge in [-0.05, 0) is 31.4 Å². The second-order valence-corrected chi connectivity index (χ2v) is 9.54. The van der Waals surface area contributed by atoms with Crippen LogP contribution in [0.1, 0.15) is 32.6 Å². The van der Waals surface area contributed by atoms with Crippen molar-refractivity contribution in [1.29, 1.82) is 0 Å². The molecule has 0 radical (unpaired) electrons. The Bertz CT molecular complexity index is 754. The monoisotopic (exact) mass is 409 g/mol. The number of benzene rings is 1. The summed E-state index contributed by atoms with van der Waals surface area (Å²) in [5.41, 5.74) is 1.83. The number of amides is 1. The van der Waals surface area contributed by atoms with Gasteiger partial charge in [0.15, 0.2) is 0 Å². The molecule has 1 N–H and O–H groups in total. The maximum absolute atomic E-state index is 12.8. The third kappa shape index (κ3) is 5.24. The number of piperidine rings is 1. The van der Waals surface area contributed by atoms with E-state index in [1.54, 1.807) is 4.31 Å². The van der Waals surface area contributed by atoms with Gasteiger partial charge in [-0.15, -0.1) is 0 Å². The molecule has 8 heteroatoms. The minimum Gasteiger partial charge on any atom is -0.378 e. The van der Waals surface area contributed by atoms with Crippen LogP contribution < -0.4 is 10.2 Å². The van der Waals surface area contributed by atoms with Gasteiger partial charge in [-0.1, -0.05) is 25.5 Å². The van der Waals surface area contributed by atoms with Gasteiger partial charge < -0.3 is 15.0 Å². The third-order valence-electron chi connectivity index (χ3n) is 5.49. The van der Waals surface area contributed by atoms with Crippen LogP contribution in [0.25, 0.3) is 0 Å². The summed E-state index contributed by atoms with van der Waals surface area (Å²) < 4.78 is 31.6. The van der Waals surface area contributed by atoms with E-state index >= 15 is 0 Å². The molecule has 28 heavy (non-hydrogen) atoms. The summed E-state index contributed by atoms with van der Waals surface area (Å²) in [6.07, 6.45) is 2.68. The van der Waals surface area contributed by atoms with Crippen LogP contribution in [0.3, 0.4) is 0 Å². The first kappa shape index (κ1) is 21.1. The molecule has 0 spiro atoms. The van der Waals surface area contributed by atoms with E-state index in [1.807, 2.05) is 31.2 Å². The summed E-state index contributed by atoms with van der Waals surface area (Å²) >= 11 is 0. The number of rotatable bonds is 7. The number of morpholine rings is 1. The van der Waals surface area contributed by atoms with Gasteiger partial charge >= 0.3 is 0 Å². The number of hydrogen-bond donors (Lipinski definition) is 1. The summed E-state index contributed by atoms with van der Waals surface area (Å²) in [6.45, 7) is 5.83. The molecule has 2 heterocycles. The van der Waals surface area contributed by atoms with Crippen LogP contribution >= 0.6 is 0 Å². The number of nitrogens with one attached hydrogen (secondary N) is 1. The number of sulfonamides is 1. The lowest BCUT2D eigenvalue weighted by molar-refractivity contribution is -0.120. The van der Waals surface area contributed by atoms with Crippen LogP contribution in [0, 0.1) is 5.92 Å². The summed E-state index contributed by atoms with van der Waals surface area (Å²) in [4.78, 5) is 15.0. The average molecular weight is 410 g/mol. The van der Waals surface area contributed by atoms with Crippen LogP contribution in [0.5, 0.6) is 0 Å². The van der Waals surface area contributed by atoms with Crippen molar-refractivity contribution in [1.82, 2.24) is 4.31 Å². The molecule has 0 bridgehead atoms. The Morgan fingerprint density at radius 3 is 2.50 bits per heavy atom. The number of anilines is 2. The van der Waals surface area contributed by atoms with Crippen LogP contribution in [0.4, 0.5) is 11.4 Å². The zero-order chi connectivity index (χ0) is 20.0. The van der Waals surface area contributed by atoms with E-state index in [9.17, 15) is 13.2 Å². The number of ether oxygens (including phenoxy) is 1. The van der Waals surface area contributed by atoms with Gasteiger partial charge in [-0.2, -0.15) is 0 Å². The lowest BCUT2D eigenvalue weighted by atomic mass is 9.97. The number of para-hydroxylation sites is 2. The number of nitrogens with zero attached hydrogens (tertiary/aromatic N) is 2. The Hall–Kier alpha value is -1.64. The van der Waals surface area contributed by atoms with Crippen LogP contribution in [-0.4, -0.2) is 63.8 Å². The molecule has 1 aromatic rings. The van der Waals surface area contributed by atoms with Crippen molar-refractivity contribution in [3.8, 4) is 0 Å². The molecule has 0 saturated carbocycles. The van der Waals surface area contributed by atoms with Crippen molar-refractivity contribution < 1.29 is 17.9 Å². The van der Waals surface area contributed by atoms with Gasteiger partial charge in [0.2, 0.25) is 15.9 Å². The molecular weight excluding hydrogens is 378 g/mol. The van der Waals surface area contributed by atoms with E-state index in [0.717, 1.165) is 30.9 Å². The second kappa shape index (κ2) is 9.71. The van der Waals surface area contributed by atoms with E-state index in [2.05, 4.69) is 10.2 Å². The van der Waals surface area contributed by atoms with Crippen LogP contribution in [-0.2, 0) is 19.6 Å². The lowest BCUT2D eigenvalue weighted by Crippen LogP contribution is -2.42. The molecule has 7 nitrogen and oxygen atoms in total. The zero-order valence-corrected chi connectivity index (χ0v) is 17.4. The SMILES string of the molecule is CCCCS(=O)(=O)N1CCC(C(=O)Nc2ccccc2N2CCOCC2)CC1. The molecule has 0 unspecified atom stereocenters. The Balaban J connectivity index is 1.58. The van der Waals surface area contributed by atoms with Crippen molar-refractivity contribution in [2.75, 3.05) is 55.4 Å². The van der Waals surface area contributed by atoms with Crippen molar-refractivity contribution in [2.45, 2.75) is 32.6 Å². The fraction of sp³-hybridized carbons (Fsp3) is 0.650. The first-order valence-electron chi connectivity index (χ1n) is 10.2. The minimum absolute atomic E-state index is 0.0219. The van der Waals surface area contributed by atoms with Gasteiger partial charge in [0, 0.05) is 32.1 Å². The van der Waals surface area contributed by atoms with Gasteiger partial charge in [0.1, 0.15) is 0 Å². The van der Waals surface area contributed by atoms with E-state index < -0.39 is 10.0 Å². The molecule has 2 aliphatic heterocycles. The molecule has 1 aromatic carbocycles. The molecule has 156 valence electrons. The Labute approximate surface area is 168 Å². The highest BCUT2D eigenvalue weighted by Gasteiger charge is 2.31. The van der Waals surface area contributed by atoms with E-state index in [-0.39, 0.29) is 17.6 Å². The number of hydrogen-bond acceptors (Lipinski definition) is 5. The lowest BCUT2D eigenvalue weighted by Gasteiger charge is -2.32. The largest absolute Gasteiger partial charge is 0.378 e. The fourth-order valence-corrected chi connectivity index (χ4v) is 5.42. The van der Waals surface area contributed by atoms with E-state index in [1.165, 1.54) is 0 Å². The maximum Gasteiger partial charge on any atom is 0.227 e. The molecule has 0 aromatic heterocycles. The van der Waals surface area contributed by atoms with E-state index in [0.29, 0.717) is 45.6 Å². The third-order valence-corrected chi connectivity index (χ3v) is 7.44. The quantitative estimate of drug-likeness (QED) is 0.748. The van der Waals surface area contributed by atoms with Gasteiger partial charge in [0.05, 0.1) is 30.3 Å².